The number of carbonyl (C=O) groups is 2. The molecule has 0 aliphatic heterocycles. The molecule has 2 rings (SSSR count). The molecule has 1 aromatic carbocycles. The summed E-state index contributed by atoms with van der Waals surface area (Å²) >= 11 is 1.07. The number of carbonyl (C=O) groups excluding carboxylic acids is 1. The topological polar surface area (TPSA) is 88.5 Å². The minimum atomic E-state index is -1.01. The summed E-state index contributed by atoms with van der Waals surface area (Å²) < 4.78 is 5.66. The Bertz CT molecular complexity index is 755. The average Bonchev–Trinajstić information content (AvgIpc) is 2.89. The number of hydrogen-bond acceptors (Lipinski definition) is 5. The van der Waals surface area contributed by atoms with Gasteiger partial charge >= 0.3 is 5.97 Å². The van der Waals surface area contributed by atoms with Crippen LogP contribution < -0.4 is 10.1 Å². The second-order valence-electron chi connectivity index (χ2n) is 5.63. The lowest BCUT2D eigenvalue weighted by atomic mass is 10.1. The Kier molecular flexibility index (Phi) is 5.56. The van der Waals surface area contributed by atoms with E-state index in [1.165, 1.54) is 0 Å². The molecule has 1 atom stereocenters. The van der Waals surface area contributed by atoms with E-state index in [-0.39, 0.29) is 16.9 Å². The molecule has 1 aromatic heterocycles. The van der Waals surface area contributed by atoms with Crippen molar-refractivity contribution in [2.45, 2.75) is 39.8 Å². The Morgan fingerprint density at radius 3 is 2.50 bits per heavy atom. The maximum absolute atomic E-state index is 12.5. The normalized spacial score (nSPS) is 12.0. The Labute approximate surface area is 144 Å². The van der Waals surface area contributed by atoms with Crippen LogP contribution in [0, 0.1) is 6.92 Å². The van der Waals surface area contributed by atoms with Gasteiger partial charge in [-0.1, -0.05) is 12.1 Å². The minimum absolute atomic E-state index is 0.0453. The number of aromatic nitrogens is 1. The zero-order chi connectivity index (χ0) is 17.9. The van der Waals surface area contributed by atoms with E-state index in [2.05, 4.69) is 10.3 Å². The molecule has 1 heterocycles. The number of nitrogens with zero attached hydrogens (tertiary/aromatic N) is 1. The molecular formula is C17H20N2O4S. The van der Waals surface area contributed by atoms with Crippen LogP contribution in [0.2, 0.25) is 0 Å². The van der Waals surface area contributed by atoms with Crippen molar-refractivity contribution in [3.8, 4) is 5.75 Å². The van der Waals surface area contributed by atoms with Gasteiger partial charge in [0, 0.05) is 0 Å². The van der Waals surface area contributed by atoms with Gasteiger partial charge in [-0.15, -0.1) is 11.3 Å². The monoisotopic (exact) mass is 348 g/mol. The first kappa shape index (κ1) is 17.9. The van der Waals surface area contributed by atoms with E-state index in [1.807, 2.05) is 13.8 Å². The van der Waals surface area contributed by atoms with Gasteiger partial charge in [0.2, 0.25) is 0 Å². The van der Waals surface area contributed by atoms with E-state index >= 15 is 0 Å². The first-order valence-electron chi connectivity index (χ1n) is 7.56. The molecule has 7 heteroatoms. The predicted octanol–water partition coefficient (Wildman–Crippen LogP) is 3.43. The van der Waals surface area contributed by atoms with Crippen molar-refractivity contribution in [2.75, 3.05) is 0 Å². The molecule has 0 fully saturated rings. The molecule has 0 spiro atoms. The number of rotatable bonds is 6. The van der Waals surface area contributed by atoms with Gasteiger partial charge in [-0.3, -0.25) is 4.79 Å². The third-order valence-electron chi connectivity index (χ3n) is 3.22. The number of hydrogen-bond donors (Lipinski definition) is 2. The standard InChI is InChI=1S/C17H20N2O4S/c1-9(2)23-13-8-6-5-7-12(13)15(20)18-11(4)16-19-10(3)14(24-16)17(21)22/h5-9,11H,1-4H3,(H,18,20)(H,21,22). The molecule has 6 nitrogen and oxygen atoms in total. The summed E-state index contributed by atoms with van der Waals surface area (Å²) in [7, 11) is 0. The van der Waals surface area contributed by atoms with Crippen LogP contribution >= 0.6 is 11.3 Å². The molecule has 24 heavy (non-hydrogen) atoms. The van der Waals surface area contributed by atoms with Crippen LogP contribution in [-0.4, -0.2) is 28.1 Å². The maximum atomic E-state index is 12.5. The van der Waals surface area contributed by atoms with Gasteiger partial charge in [-0.2, -0.15) is 0 Å². The van der Waals surface area contributed by atoms with Gasteiger partial charge in [0.25, 0.3) is 5.91 Å². The van der Waals surface area contributed by atoms with E-state index in [4.69, 9.17) is 9.84 Å². The third-order valence-corrected chi connectivity index (χ3v) is 4.55. The van der Waals surface area contributed by atoms with Crippen LogP contribution in [0.5, 0.6) is 5.75 Å². The SMILES string of the molecule is Cc1nc(C(C)NC(=O)c2ccccc2OC(C)C)sc1C(=O)O. The quantitative estimate of drug-likeness (QED) is 0.835. The zero-order valence-corrected chi connectivity index (χ0v) is 14.8. The fraction of sp³-hybridized carbons (Fsp3) is 0.353. The highest BCUT2D eigenvalue weighted by molar-refractivity contribution is 7.13. The number of para-hydroxylation sites is 1. The number of nitrogens with one attached hydrogen (secondary N) is 1. The highest BCUT2D eigenvalue weighted by atomic mass is 32.1. The number of carboxylic acids is 1. The molecule has 2 N–H and O–H groups in total. The van der Waals surface area contributed by atoms with E-state index < -0.39 is 12.0 Å². The van der Waals surface area contributed by atoms with E-state index in [9.17, 15) is 9.59 Å². The molecule has 1 unspecified atom stereocenters. The van der Waals surface area contributed by atoms with Crippen molar-refractivity contribution in [3.63, 3.8) is 0 Å². The number of aromatic carboxylic acids is 1. The lowest BCUT2D eigenvalue weighted by Gasteiger charge is -2.16. The molecule has 1 amide bonds. The maximum Gasteiger partial charge on any atom is 0.347 e. The van der Waals surface area contributed by atoms with Crippen LogP contribution in [0.1, 0.15) is 57.5 Å². The summed E-state index contributed by atoms with van der Waals surface area (Å²) in [5.74, 6) is -0.785. The van der Waals surface area contributed by atoms with Crippen LogP contribution in [0.25, 0.3) is 0 Å². The zero-order valence-electron chi connectivity index (χ0n) is 14.0. The van der Waals surface area contributed by atoms with Gasteiger partial charge in [0.1, 0.15) is 15.6 Å². The number of ether oxygens (including phenoxy) is 1. The van der Waals surface area contributed by atoms with E-state index in [1.54, 1.807) is 38.1 Å². The van der Waals surface area contributed by atoms with Gasteiger partial charge in [-0.25, -0.2) is 9.78 Å². The Balaban J connectivity index is 2.18. The summed E-state index contributed by atoms with van der Waals surface area (Å²) in [6.07, 6.45) is -0.0453. The molecular weight excluding hydrogens is 328 g/mol. The predicted molar refractivity (Wildman–Crippen MR) is 91.9 cm³/mol. The molecule has 0 saturated carbocycles. The number of thiazole rings is 1. The first-order valence-corrected chi connectivity index (χ1v) is 8.38. The van der Waals surface area contributed by atoms with Crippen LogP contribution in [0.4, 0.5) is 0 Å². The number of carboxylic acid groups (broad SMARTS) is 1. The number of benzene rings is 1. The second-order valence-corrected chi connectivity index (χ2v) is 6.66. The average molecular weight is 348 g/mol. The van der Waals surface area contributed by atoms with Crippen LogP contribution in [0.15, 0.2) is 24.3 Å². The van der Waals surface area contributed by atoms with Gasteiger partial charge in [0.15, 0.2) is 0 Å². The molecule has 0 bridgehead atoms. The summed E-state index contributed by atoms with van der Waals surface area (Å²) in [4.78, 5) is 28.1. The second kappa shape index (κ2) is 7.44. The van der Waals surface area contributed by atoms with E-state index in [0.29, 0.717) is 22.0 Å². The summed E-state index contributed by atoms with van der Waals surface area (Å²) in [5, 5.41) is 12.5. The van der Waals surface area contributed by atoms with Gasteiger partial charge in [-0.05, 0) is 39.8 Å². The molecule has 0 saturated heterocycles. The van der Waals surface area contributed by atoms with Crippen molar-refractivity contribution in [1.29, 1.82) is 0 Å². The molecule has 0 radical (unpaired) electrons. The summed E-state index contributed by atoms with van der Waals surface area (Å²) in [6.45, 7) is 7.20. The highest BCUT2D eigenvalue weighted by Crippen LogP contribution is 2.25. The largest absolute Gasteiger partial charge is 0.490 e. The lowest BCUT2D eigenvalue weighted by molar-refractivity contribution is 0.0700. The summed E-state index contributed by atoms with van der Waals surface area (Å²) in [5.41, 5.74) is 0.886. The molecule has 2 aromatic rings. The number of amides is 1. The van der Waals surface area contributed by atoms with Crippen molar-refractivity contribution < 1.29 is 19.4 Å². The first-order chi connectivity index (χ1) is 11.3. The fourth-order valence-electron chi connectivity index (χ4n) is 2.15. The Morgan fingerprint density at radius 2 is 1.92 bits per heavy atom. The highest BCUT2D eigenvalue weighted by Gasteiger charge is 2.21. The Morgan fingerprint density at radius 1 is 1.25 bits per heavy atom. The fourth-order valence-corrected chi connectivity index (χ4v) is 3.06. The smallest absolute Gasteiger partial charge is 0.347 e. The van der Waals surface area contributed by atoms with Crippen molar-refractivity contribution >= 4 is 23.2 Å². The third kappa shape index (κ3) is 4.11. The van der Waals surface area contributed by atoms with Crippen molar-refractivity contribution in [3.05, 3.63) is 45.4 Å². The van der Waals surface area contributed by atoms with Crippen LogP contribution in [-0.2, 0) is 0 Å². The van der Waals surface area contributed by atoms with E-state index in [0.717, 1.165) is 11.3 Å². The van der Waals surface area contributed by atoms with Crippen LogP contribution in [0.3, 0.4) is 0 Å². The molecule has 0 aliphatic rings. The molecule has 0 aliphatic carbocycles. The number of aryl methyl sites for hydroxylation is 1. The van der Waals surface area contributed by atoms with Gasteiger partial charge in [0.05, 0.1) is 23.4 Å². The molecule has 128 valence electrons. The lowest BCUT2D eigenvalue weighted by Crippen LogP contribution is -2.27. The summed E-state index contributed by atoms with van der Waals surface area (Å²) in [6, 6.07) is 6.61. The Hall–Kier alpha value is -2.41. The van der Waals surface area contributed by atoms with Crippen molar-refractivity contribution in [1.82, 2.24) is 10.3 Å². The van der Waals surface area contributed by atoms with Gasteiger partial charge < -0.3 is 15.2 Å². The van der Waals surface area contributed by atoms with Crippen molar-refractivity contribution in [2.24, 2.45) is 0 Å². The minimum Gasteiger partial charge on any atom is -0.490 e.